The number of ether oxygens (including phenoxy) is 2. The lowest BCUT2D eigenvalue weighted by Crippen LogP contribution is -2.49. The standard InChI is InChI=1S/C16H23N3O4S/c1-3-5-10-23-13-8-6-12(7-9-13)15(21)17-16(24)19-18-14(20)11-22-4-2/h6-9H,3-5,10-11H2,1-2H3,(H,18,20)(H2,17,19,21,24). The Morgan fingerprint density at radius 1 is 1.12 bits per heavy atom. The summed E-state index contributed by atoms with van der Waals surface area (Å²) in [6.07, 6.45) is 2.04. The van der Waals surface area contributed by atoms with E-state index in [1.54, 1.807) is 31.2 Å². The van der Waals surface area contributed by atoms with Crippen LogP contribution in [-0.2, 0) is 9.53 Å². The van der Waals surface area contributed by atoms with E-state index in [9.17, 15) is 9.59 Å². The number of benzene rings is 1. The zero-order valence-corrected chi connectivity index (χ0v) is 14.7. The molecule has 8 heteroatoms. The Kier molecular flexibility index (Phi) is 9.40. The molecule has 0 aliphatic carbocycles. The van der Waals surface area contributed by atoms with Crippen LogP contribution in [0.15, 0.2) is 24.3 Å². The topological polar surface area (TPSA) is 88.7 Å². The first-order valence-electron chi connectivity index (χ1n) is 7.77. The Bertz CT molecular complexity index is 549. The molecule has 0 atom stereocenters. The SMILES string of the molecule is CCCCOc1ccc(C(=O)NC(=S)NNC(=O)COCC)cc1. The molecule has 0 radical (unpaired) electrons. The Balaban J connectivity index is 2.38. The molecule has 3 N–H and O–H groups in total. The van der Waals surface area contributed by atoms with Gasteiger partial charge in [-0.2, -0.15) is 0 Å². The number of carbonyl (C=O) groups is 2. The zero-order valence-electron chi connectivity index (χ0n) is 13.9. The van der Waals surface area contributed by atoms with Crippen molar-refractivity contribution < 1.29 is 19.1 Å². The number of carbonyl (C=O) groups excluding carboxylic acids is 2. The monoisotopic (exact) mass is 353 g/mol. The second-order valence-electron chi connectivity index (χ2n) is 4.82. The van der Waals surface area contributed by atoms with Crippen molar-refractivity contribution >= 4 is 29.1 Å². The van der Waals surface area contributed by atoms with Gasteiger partial charge in [-0.05, 0) is 49.8 Å². The molecule has 2 amide bonds. The van der Waals surface area contributed by atoms with Gasteiger partial charge in [0.25, 0.3) is 11.8 Å². The fourth-order valence-electron chi connectivity index (χ4n) is 1.60. The summed E-state index contributed by atoms with van der Waals surface area (Å²) in [7, 11) is 0. The van der Waals surface area contributed by atoms with E-state index in [4.69, 9.17) is 21.7 Å². The minimum Gasteiger partial charge on any atom is -0.494 e. The molecular weight excluding hydrogens is 330 g/mol. The highest BCUT2D eigenvalue weighted by molar-refractivity contribution is 7.80. The summed E-state index contributed by atoms with van der Waals surface area (Å²) in [5.41, 5.74) is 5.19. The Labute approximate surface area is 147 Å². The minimum atomic E-state index is -0.387. The van der Waals surface area contributed by atoms with E-state index in [2.05, 4.69) is 23.1 Å². The Morgan fingerprint density at radius 3 is 2.46 bits per heavy atom. The lowest BCUT2D eigenvalue weighted by molar-refractivity contribution is -0.126. The van der Waals surface area contributed by atoms with Crippen LogP contribution in [0.2, 0.25) is 0 Å². The quantitative estimate of drug-likeness (QED) is 0.373. The van der Waals surface area contributed by atoms with E-state index < -0.39 is 0 Å². The molecule has 0 unspecified atom stereocenters. The molecule has 0 spiro atoms. The summed E-state index contributed by atoms with van der Waals surface area (Å²) in [6.45, 7) is 4.88. The van der Waals surface area contributed by atoms with Crippen LogP contribution in [0.3, 0.4) is 0 Å². The number of rotatable bonds is 8. The minimum absolute atomic E-state index is 0.00637. The molecule has 1 aromatic carbocycles. The number of thiocarbonyl (C=S) groups is 1. The van der Waals surface area contributed by atoms with Crippen molar-refractivity contribution in [2.45, 2.75) is 26.7 Å². The van der Waals surface area contributed by atoms with Gasteiger partial charge in [-0.3, -0.25) is 25.8 Å². The van der Waals surface area contributed by atoms with Crippen molar-refractivity contribution in [1.29, 1.82) is 0 Å². The van der Waals surface area contributed by atoms with E-state index in [-0.39, 0.29) is 23.5 Å². The summed E-state index contributed by atoms with van der Waals surface area (Å²) >= 11 is 4.93. The smallest absolute Gasteiger partial charge is 0.264 e. The third-order valence-corrected chi connectivity index (χ3v) is 3.07. The molecule has 0 bridgehead atoms. The summed E-state index contributed by atoms with van der Waals surface area (Å²) in [4.78, 5) is 23.3. The maximum atomic E-state index is 12.0. The maximum absolute atomic E-state index is 12.0. The lowest BCUT2D eigenvalue weighted by atomic mass is 10.2. The van der Waals surface area contributed by atoms with Gasteiger partial charge >= 0.3 is 0 Å². The van der Waals surface area contributed by atoms with Crippen LogP contribution in [0.4, 0.5) is 0 Å². The molecule has 1 rings (SSSR count). The van der Waals surface area contributed by atoms with Gasteiger partial charge in [0.05, 0.1) is 6.61 Å². The molecule has 0 aliphatic rings. The summed E-state index contributed by atoms with van der Waals surface area (Å²) in [5, 5.41) is 2.46. The average Bonchev–Trinajstić information content (AvgIpc) is 2.59. The van der Waals surface area contributed by atoms with Crippen LogP contribution < -0.4 is 20.9 Å². The number of hydrogen-bond acceptors (Lipinski definition) is 5. The molecule has 0 aliphatic heterocycles. The molecule has 24 heavy (non-hydrogen) atoms. The Hall–Kier alpha value is -2.19. The first kappa shape index (κ1) is 19.9. The average molecular weight is 353 g/mol. The third-order valence-electron chi connectivity index (χ3n) is 2.86. The van der Waals surface area contributed by atoms with Crippen molar-refractivity contribution in [1.82, 2.24) is 16.2 Å². The predicted octanol–water partition coefficient (Wildman–Crippen LogP) is 1.54. The van der Waals surface area contributed by atoms with Crippen LogP contribution in [0.25, 0.3) is 0 Å². The van der Waals surface area contributed by atoms with Gasteiger partial charge in [0, 0.05) is 12.2 Å². The molecule has 0 saturated heterocycles. The van der Waals surface area contributed by atoms with E-state index in [1.165, 1.54) is 0 Å². The highest BCUT2D eigenvalue weighted by Gasteiger charge is 2.09. The van der Waals surface area contributed by atoms with Gasteiger partial charge in [-0.15, -0.1) is 0 Å². The molecule has 0 aromatic heterocycles. The van der Waals surface area contributed by atoms with Gasteiger partial charge in [0.2, 0.25) is 0 Å². The van der Waals surface area contributed by atoms with Gasteiger partial charge in [0.15, 0.2) is 5.11 Å². The number of hydrazine groups is 1. The first-order chi connectivity index (χ1) is 11.6. The number of unbranched alkanes of at least 4 members (excludes halogenated alkanes) is 1. The number of hydrogen-bond donors (Lipinski definition) is 3. The molecule has 0 saturated carbocycles. The summed E-state index contributed by atoms with van der Waals surface area (Å²) in [6, 6.07) is 6.75. The van der Waals surface area contributed by atoms with Crippen LogP contribution in [-0.4, -0.2) is 36.7 Å². The van der Waals surface area contributed by atoms with Crippen molar-refractivity contribution in [3.63, 3.8) is 0 Å². The normalized spacial score (nSPS) is 9.92. The fourth-order valence-corrected chi connectivity index (χ4v) is 1.74. The first-order valence-corrected chi connectivity index (χ1v) is 8.18. The van der Waals surface area contributed by atoms with E-state index >= 15 is 0 Å². The van der Waals surface area contributed by atoms with Crippen molar-refractivity contribution in [3.05, 3.63) is 29.8 Å². The molecule has 0 fully saturated rings. The van der Waals surface area contributed by atoms with Crippen molar-refractivity contribution in [3.8, 4) is 5.75 Å². The Morgan fingerprint density at radius 2 is 1.83 bits per heavy atom. The van der Waals surface area contributed by atoms with Crippen LogP contribution >= 0.6 is 12.2 Å². The van der Waals surface area contributed by atoms with E-state index in [0.29, 0.717) is 24.5 Å². The van der Waals surface area contributed by atoms with Gasteiger partial charge in [-0.25, -0.2) is 0 Å². The molecular formula is C16H23N3O4S. The number of amides is 2. The summed E-state index contributed by atoms with van der Waals surface area (Å²) < 4.78 is 10.5. The molecule has 132 valence electrons. The van der Waals surface area contributed by atoms with Crippen molar-refractivity contribution in [2.75, 3.05) is 19.8 Å². The molecule has 0 heterocycles. The van der Waals surface area contributed by atoms with Crippen molar-refractivity contribution in [2.24, 2.45) is 0 Å². The third kappa shape index (κ3) is 7.89. The van der Waals surface area contributed by atoms with Gasteiger partial charge < -0.3 is 9.47 Å². The van der Waals surface area contributed by atoms with Gasteiger partial charge in [-0.1, -0.05) is 13.3 Å². The highest BCUT2D eigenvalue weighted by Crippen LogP contribution is 2.12. The van der Waals surface area contributed by atoms with Gasteiger partial charge in [0.1, 0.15) is 12.4 Å². The fraction of sp³-hybridized carbons (Fsp3) is 0.438. The molecule has 7 nitrogen and oxygen atoms in total. The molecule has 1 aromatic rings. The van der Waals surface area contributed by atoms with Crippen LogP contribution in [0.1, 0.15) is 37.0 Å². The van der Waals surface area contributed by atoms with E-state index in [0.717, 1.165) is 12.8 Å². The lowest BCUT2D eigenvalue weighted by Gasteiger charge is -2.11. The predicted molar refractivity (Wildman–Crippen MR) is 94.7 cm³/mol. The second-order valence-corrected chi connectivity index (χ2v) is 5.23. The highest BCUT2D eigenvalue weighted by atomic mass is 32.1. The maximum Gasteiger partial charge on any atom is 0.264 e. The largest absolute Gasteiger partial charge is 0.494 e. The van der Waals surface area contributed by atoms with E-state index in [1.807, 2.05) is 0 Å². The van der Waals surface area contributed by atoms with Crippen LogP contribution in [0.5, 0.6) is 5.75 Å². The second kappa shape index (κ2) is 11.4. The summed E-state index contributed by atoms with van der Waals surface area (Å²) in [5.74, 6) is -0.0578. The number of nitrogens with one attached hydrogen (secondary N) is 3. The van der Waals surface area contributed by atoms with Crippen LogP contribution in [0, 0.1) is 0 Å². The zero-order chi connectivity index (χ0) is 17.8.